The summed E-state index contributed by atoms with van der Waals surface area (Å²) in [5, 5.41) is 0.403. The summed E-state index contributed by atoms with van der Waals surface area (Å²) in [6, 6.07) is 8.67. The van der Waals surface area contributed by atoms with Crippen molar-refractivity contribution in [2.24, 2.45) is 0 Å². The SMILES string of the molecule is CC(C)N(Cc1ccccn1)C(=O)c1cc(Cl)nc(Cl)c1. The van der Waals surface area contributed by atoms with Crippen molar-refractivity contribution in [3.05, 3.63) is 58.1 Å². The molecule has 0 aliphatic carbocycles. The minimum absolute atomic E-state index is 0.0187. The summed E-state index contributed by atoms with van der Waals surface area (Å²) in [6.45, 7) is 4.32. The monoisotopic (exact) mass is 323 g/mol. The Bertz CT molecular complexity index is 612. The molecule has 0 saturated heterocycles. The van der Waals surface area contributed by atoms with Gasteiger partial charge in [0.2, 0.25) is 0 Å². The first-order valence-electron chi connectivity index (χ1n) is 6.51. The van der Waals surface area contributed by atoms with Gasteiger partial charge in [0.25, 0.3) is 5.91 Å². The smallest absolute Gasteiger partial charge is 0.254 e. The minimum Gasteiger partial charge on any atom is -0.330 e. The minimum atomic E-state index is -0.151. The lowest BCUT2D eigenvalue weighted by Gasteiger charge is -2.26. The molecule has 110 valence electrons. The number of hydrogen-bond acceptors (Lipinski definition) is 3. The molecule has 0 N–H and O–H groups in total. The van der Waals surface area contributed by atoms with Crippen LogP contribution >= 0.6 is 23.2 Å². The van der Waals surface area contributed by atoms with Crippen molar-refractivity contribution in [2.75, 3.05) is 0 Å². The number of pyridine rings is 2. The Hall–Kier alpha value is -1.65. The third-order valence-electron chi connectivity index (χ3n) is 2.95. The molecule has 0 atom stereocenters. The Morgan fingerprint density at radius 1 is 1.24 bits per heavy atom. The normalized spacial score (nSPS) is 10.7. The molecule has 6 heteroatoms. The van der Waals surface area contributed by atoms with Crippen LogP contribution in [0.4, 0.5) is 0 Å². The van der Waals surface area contributed by atoms with Crippen LogP contribution in [-0.4, -0.2) is 26.8 Å². The molecule has 1 amide bonds. The first-order chi connectivity index (χ1) is 9.97. The van der Waals surface area contributed by atoms with E-state index in [4.69, 9.17) is 23.2 Å². The summed E-state index contributed by atoms with van der Waals surface area (Å²) in [7, 11) is 0. The number of nitrogens with zero attached hydrogens (tertiary/aromatic N) is 3. The van der Waals surface area contributed by atoms with E-state index in [2.05, 4.69) is 9.97 Å². The maximum atomic E-state index is 12.6. The van der Waals surface area contributed by atoms with E-state index in [1.54, 1.807) is 11.1 Å². The van der Waals surface area contributed by atoms with Crippen LogP contribution in [0.3, 0.4) is 0 Å². The Labute approximate surface area is 133 Å². The second kappa shape index (κ2) is 6.87. The number of amides is 1. The molecule has 21 heavy (non-hydrogen) atoms. The van der Waals surface area contributed by atoms with Crippen molar-refractivity contribution < 1.29 is 4.79 Å². The summed E-state index contributed by atoms with van der Waals surface area (Å²) < 4.78 is 0. The van der Waals surface area contributed by atoms with Gasteiger partial charge in [-0.15, -0.1) is 0 Å². The first-order valence-corrected chi connectivity index (χ1v) is 7.27. The van der Waals surface area contributed by atoms with Crippen molar-refractivity contribution in [1.29, 1.82) is 0 Å². The number of aromatic nitrogens is 2. The van der Waals surface area contributed by atoms with Crippen molar-refractivity contribution in [3.63, 3.8) is 0 Å². The number of carbonyl (C=O) groups excluding carboxylic acids is 1. The molecule has 4 nitrogen and oxygen atoms in total. The largest absolute Gasteiger partial charge is 0.330 e. The fourth-order valence-electron chi connectivity index (χ4n) is 1.91. The van der Waals surface area contributed by atoms with Crippen molar-refractivity contribution in [2.45, 2.75) is 26.4 Å². The van der Waals surface area contributed by atoms with Crippen molar-refractivity contribution in [1.82, 2.24) is 14.9 Å². The van der Waals surface area contributed by atoms with Gasteiger partial charge in [-0.25, -0.2) is 4.98 Å². The fourth-order valence-corrected chi connectivity index (χ4v) is 2.37. The van der Waals surface area contributed by atoms with Crippen molar-refractivity contribution >= 4 is 29.1 Å². The summed E-state index contributed by atoms with van der Waals surface area (Å²) in [4.78, 5) is 22.5. The van der Waals surface area contributed by atoms with Gasteiger partial charge in [-0.2, -0.15) is 0 Å². The summed E-state index contributed by atoms with van der Waals surface area (Å²) in [6.07, 6.45) is 1.71. The van der Waals surface area contributed by atoms with E-state index in [-0.39, 0.29) is 22.3 Å². The van der Waals surface area contributed by atoms with E-state index >= 15 is 0 Å². The quantitative estimate of drug-likeness (QED) is 0.803. The standard InChI is InChI=1S/C15H15Cl2N3O/c1-10(2)20(9-12-5-3-4-6-18-12)15(21)11-7-13(16)19-14(17)8-11/h3-8,10H,9H2,1-2H3. The first kappa shape index (κ1) is 15.7. The zero-order valence-electron chi connectivity index (χ0n) is 11.8. The van der Waals surface area contributed by atoms with Gasteiger partial charge in [-0.05, 0) is 38.1 Å². The van der Waals surface area contributed by atoms with Crippen LogP contribution in [0, 0.1) is 0 Å². The summed E-state index contributed by atoms with van der Waals surface area (Å²) >= 11 is 11.7. The number of hydrogen-bond donors (Lipinski definition) is 0. The predicted octanol–water partition coefficient (Wildman–Crippen LogP) is 3.83. The third-order valence-corrected chi connectivity index (χ3v) is 3.34. The molecular weight excluding hydrogens is 309 g/mol. The second-order valence-corrected chi connectivity index (χ2v) is 5.62. The highest BCUT2D eigenvalue weighted by atomic mass is 35.5. The van der Waals surface area contributed by atoms with E-state index in [1.807, 2.05) is 32.0 Å². The van der Waals surface area contributed by atoms with Gasteiger partial charge in [0.05, 0.1) is 12.2 Å². The van der Waals surface area contributed by atoms with E-state index in [0.717, 1.165) is 5.69 Å². The molecule has 0 aliphatic heterocycles. The fraction of sp³-hybridized carbons (Fsp3) is 0.267. The van der Waals surface area contributed by atoms with E-state index in [0.29, 0.717) is 12.1 Å². The Kier molecular flexibility index (Phi) is 5.15. The van der Waals surface area contributed by atoms with E-state index < -0.39 is 0 Å². The highest BCUT2D eigenvalue weighted by Gasteiger charge is 2.20. The Morgan fingerprint density at radius 2 is 1.90 bits per heavy atom. The molecule has 2 heterocycles. The van der Waals surface area contributed by atoms with Crippen LogP contribution < -0.4 is 0 Å². The highest BCUT2D eigenvalue weighted by Crippen LogP contribution is 2.18. The van der Waals surface area contributed by atoms with Crippen LogP contribution in [0.15, 0.2) is 36.5 Å². The second-order valence-electron chi connectivity index (χ2n) is 4.85. The predicted molar refractivity (Wildman–Crippen MR) is 83.5 cm³/mol. The molecule has 0 aromatic carbocycles. The molecule has 0 radical (unpaired) electrons. The van der Waals surface area contributed by atoms with Gasteiger partial charge in [-0.1, -0.05) is 29.3 Å². The molecule has 0 bridgehead atoms. The van der Waals surface area contributed by atoms with Gasteiger partial charge in [0, 0.05) is 17.8 Å². The lowest BCUT2D eigenvalue weighted by Crippen LogP contribution is -2.36. The van der Waals surface area contributed by atoms with Gasteiger partial charge >= 0.3 is 0 Å². The van der Waals surface area contributed by atoms with Crippen LogP contribution in [0.2, 0.25) is 10.3 Å². The van der Waals surface area contributed by atoms with Crippen LogP contribution in [0.1, 0.15) is 29.9 Å². The molecule has 2 aromatic heterocycles. The summed E-state index contributed by atoms with van der Waals surface area (Å²) in [5.74, 6) is -0.151. The molecule has 0 spiro atoms. The van der Waals surface area contributed by atoms with Crippen LogP contribution in [-0.2, 0) is 6.54 Å². The molecule has 2 aromatic rings. The van der Waals surface area contributed by atoms with Gasteiger partial charge < -0.3 is 4.90 Å². The van der Waals surface area contributed by atoms with Gasteiger partial charge in [0.1, 0.15) is 10.3 Å². The average molecular weight is 324 g/mol. The number of halogens is 2. The van der Waals surface area contributed by atoms with Crippen LogP contribution in [0.25, 0.3) is 0 Å². The van der Waals surface area contributed by atoms with Gasteiger partial charge in [0.15, 0.2) is 0 Å². The zero-order valence-corrected chi connectivity index (χ0v) is 13.3. The molecule has 0 unspecified atom stereocenters. The topological polar surface area (TPSA) is 46.1 Å². The molecule has 0 fully saturated rings. The zero-order chi connectivity index (χ0) is 15.4. The maximum absolute atomic E-state index is 12.6. The molecule has 0 saturated carbocycles. The van der Waals surface area contributed by atoms with Gasteiger partial charge in [-0.3, -0.25) is 9.78 Å². The van der Waals surface area contributed by atoms with E-state index in [9.17, 15) is 4.79 Å². The molecular formula is C15H15Cl2N3O. The average Bonchev–Trinajstić information content (AvgIpc) is 2.44. The lowest BCUT2D eigenvalue weighted by molar-refractivity contribution is 0.0687. The third kappa shape index (κ3) is 4.16. The maximum Gasteiger partial charge on any atom is 0.254 e. The summed E-state index contributed by atoms with van der Waals surface area (Å²) in [5.41, 5.74) is 1.25. The van der Waals surface area contributed by atoms with E-state index in [1.165, 1.54) is 12.1 Å². The molecule has 0 aliphatic rings. The van der Waals surface area contributed by atoms with Crippen LogP contribution in [0.5, 0.6) is 0 Å². The Morgan fingerprint density at radius 3 is 2.43 bits per heavy atom. The lowest BCUT2D eigenvalue weighted by atomic mass is 10.2. The van der Waals surface area contributed by atoms with Crippen molar-refractivity contribution in [3.8, 4) is 0 Å². The highest BCUT2D eigenvalue weighted by molar-refractivity contribution is 6.33. The number of rotatable bonds is 4. The Balaban J connectivity index is 2.27. The number of carbonyl (C=O) groups is 1. The molecule has 2 rings (SSSR count).